The van der Waals surface area contributed by atoms with E-state index in [0.29, 0.717) is 13.0 Å². The predicted molar refractivity (Wildman–Crippen MR) is 120 cm³/mol. The standard InChI is InChI=1S/C25H32N2O2/c1-3-10-21-11-8-9-14-24(21)29-20-19-26-17-15-23(16-18-26)27(25(28)4-2)22-12-6-5-7-13-22/h3,5-9,11-14,23H,1,4,10,15-20H2,2H3. The van der Waals surface area contributed by atoms with Gasteiger partial charge in [0.2, 0.25) is 5.91 Å². The van der Waals surface area contributed by atoms with Gasteiger partial charge in [-0.2, -0.15) is 0 Å². The second-order valence-corrected chi connectivity index (χ2v) is 7.47. The molecule has 0 saturated carbocycles. The average molecular weight is 393 g/mol. The van der Waals surface area contributed by atoms with Gasteiger partial charge in [-0.1, -0.05) is 49.4 Å². The average Bonchev–Trinajstić information content (AvgIpc) is 2.77. The molecule has 0 aliphatic carbocycles. The van der Waals surface area contributed by atoms with Gasteiger partial charge in [0.15, 0.2) is 0 Å². The van der Waals surface area contributed by atoms with Crippen molar-refractivity contribution in [2.24, 2.45) is 0 Å². The largest absolute Gasteiger partial charge is 0.492 e. The molecule has 2 aromatic carbocycles. The lowest BCUT2D eigenvalue weighted by molar-refractivity contribution is -0.119. The first kappa shape index (κ1) is 21.1. The fraction of sp³-hybridized carbons (Fsp3) is 0.400. The molecule has 0 N–H and O–H groups in total. The maximum absolute atomic E-state index is 12.6. The first-order valence-electron chi connectivity index (χ1n) is 10.6. The predicted octanol–water partition coefficient (Wildman–Crippen LogP) is 4.70. The number of para-hydroxylation sites is 2. The van der Waals surface area contributed by atoms with Crippen LogP contribution in [0.2, 0.25) is 0 Å². The summed E-state index contributed by atoms with van der Waals surface area (Å²) >= 11 is 0. The van der Waals surface area contributed by atoms with Crippen molar-refractivity contribution >= 4 is 11.6 Å². The smallest absolute Gasteiger partial charge is 0.226 e. The third-order valence-electron chi connectivity index (χ3n) is 5.53. The Bertz CT molecular complexity index is 782. The van der Waals surface area contributed by atoms with Crippen molar-refractivity contribution in [1.29, 1.82) is 0 Å². The van der Waals surface area contributed by atoms with Gasteiger partial charge in [-0.25, -0.2) is 0 Å². The summed E-state index contributed by atoms with van der Waals surface area (Å²) in [5, 5.41) is 0. The number of hydrogen-bond acceptors (Lipinski definition) is 3. The number of hydrogen-bond donors (Lipinski definition) is 0. The molecular formula is C25H32N2O2. The van der Waals surface area contributed by atoms with Crippen LogP contribution in [0.1, 0.15) is 31.7 Å². The summed E-state index contributed by atoms with van der Waals surface area (Å²) in [6.07, 6.45) is 5.25. The Kier molecular flexibility index (Phi) is 7.88. The molecule has 1 fully saturated rings. The lowest BCUT2D eigenvalue weighted by Gasteiger charge is -2.38. The summed E-state index contributed by atoms with van der Waals surface area (Å²) in [5.41, 5.74) is 2.19. The van der Waals surface area contributed by atoms with Crippen LogP contribution in [0.25, 0.3) is 0 Å². The number of carbonyl (C=O) groups excluding carboxylic acids is 1. The lowest BCUT2D eigenvalue weighted by atomic mass is 10.0. The van der Waals surface area contributed by atoms with Crippen LogP contribution in [0.5, 0.6) is 5.75 Å². The van der Waals surface area contributed by atoms with Crippen molar-refractivity contribution in [1.82, 2.24) is 4.90 Å². The normalized spacial score (nSPS) is 15.1. The molecule has 4 heteroatoms. The molecule has 0 atom stereocenters. The number of likely N-dealkylation sites (tertiary alicyclic amines) is 1. The maximum Gasteiger partial charge on any atom is 0.226 e. The van der Waals surface area contributed by atoms with E-state index in [1.807, 2.05) is 66.4 Å². The van der Waals surface area contributed by atoms with E-state index < -0.39 is 0 Å². The van der Waals surface area contributed by atoms with Crippen LogP contribution in [0.3, 0.4) is 0 Å². The summed E-state index contributed by atoms with van der Waals surface area (Å²) in [7, 11) is 0. The number of rotatable bonds is 9. The van der Waals surface area contributed by atoms with Gasteiger partial charge < -0.3 is 9.64 Å². The van der Waals surface area contributed by atoms with Gasteiger partial charge in [-0.3, -0.25) is 9.69 Å². The number of carbonyl (C=O) groups is 1. The highest BCUT2D eigenvalue weighted by atomic mass is 16.5. The molecule has 29 heavy (non-hydrogen) atoms. The maximum atomic E-state index is 12.6. The third-order valence-corrected chi connectivity index (χ3v) is 5.53. The summed E-state index contributed by atoms with van der Waals surface area (Å²) in [4.78, 5) is 17.0. The molecule has 1 aliphatic heterocycles. The highest BCUT2D eigenvalue weighted by Gasteiger charge is 2.28. The zero-order chi connectivity index (χ0) is 20.5. The van der Waals surface area contributed by atoms with E-state index in [1.54, 1.807) is 0 Å². The van der Waals surface area contributed by atoms with Crippen LogP contribution in [-0.4, -0.2) is 43.1 Å². The molecule has 1 heterocycles. The van der Waals surface area contributed by atoms with Crippen LogP contribution < -0.4 is 9.64 Å². The molecule has 0 aromatic heterocycles. The molecule has 1 saturated heterocycles. The van der Waals surface area contributed by atoms with Crippen LogP contribution in [-0.2, 0) is 11.2 Å². The number of ether oxygens (including phenoxy) is 1. The molecule has 0 radical (unpaired) electrons. The van der Waals surface area contributed by atoms with Crippen molar-refractivity contribution in [2.75, 3.05) is 31.1 Å². The van der Waals surface area contributed by atoms with E-state index in [2.05, 4.69) is 17.5 Å². The second kappa shape index (κ2) is 10.8. The monoisotopic (exact) mass is 392 g/mol. The zero-order valence-corrected chi connectivity index (χ0v) is 17.4. The van der Waals surface area contributed by atoms with Crippen LogP contribution in [0.15, 0.2) is 67.3 Å². The van der Waals surface area contributed by atoms with Gasteiger partial charge in [-0.05, 0) is 43.0 Å². The Morgan fingerprint density at radius 1 is 1.14 bits per heavy atom. The molecule has 1 aliphatic rings. The van der Waals surface area contributed by atoms with Crippen LogP contribution >= 0.6 is 0 Å². The van der Waals surface area contributed by atoms with Gasteiger partial charge in [0.1, 0.15) is 12.4 Å². The van der Waals surface area contributed by atoms with Crippen LogP contribution in [0.4, 0.5) is 5.69 Å². The Hall–Kier alpha value is -2.59. The van der Waals surface area contributed by atoms with E-state index in [0.717, 1.165) is 50.3 Å². The molecule has 154 valence electrons. The highest BCUT2D eigenvalue weighted by molar-refractivity contribution is 5.93. The second-order valence-electron chi connectivity index (χ2n) is 7.47. The van der Waals surface area contributed by atoms with Crippen LogP contribution in [0, 0.1) is 0 Å². The van der Waals surface area contributed by atoms with E-state index in [-0.39, 0.29) is 11.9 Å². The van der Waals surface area contributed by atoms with Gasteiger partial charge >= 0.3 is 0 Å². The third kappa shape index (κ3) is 5.70. The number of piperidine rings is 1. The van der Waals surface area contributed by atoms with Gasteiger partial charge in [0.05, 0.1) is 0 Å². The summed E-state index contributed by atoms with van der Waals surface area (Å²) in [6, 6.07) is 18.5. The fourth-order valence-corrected chi connectivity index (χ4v) is 3.97. The number of nitrogens with zero attached hydrogens (tertiary/aromatic N) is 2. The molecule has 0 unspecified atom stereocenters. The summed E-state index contributed by atoms with van der Waals surface area (Å²) in [6.45, 7) is 9.32. The number of allylic oxidation sites excluding steroid dienone is 1. The minimum absolute atomic E-state index is 0.205. The quantitative estimate of drug-likeness (QED) is 0.580. The van der Waals surface area contributed by atoms with Gasteiger partial charge in [0.25, 0.3) is 0 Å². The summed E-state index contributed by atoms with van der Waals surface area (Å²) < 4.78 is 6.04. The van der Waals surface area contributed by atoms with Crippen molar-refractivity contribution < 1.29 is 9.53 Å². The first-order chi connectivity index (χ1) is 14.2. The van der Waals surface area contributed by atoms with Crippen molar-refractivity contribution in [3.8, 4) is 5.75 Å². The minimum atomic E-state index is 0.205. The van der Waals surface area contributed by atoms with Gasteiger partial charge in [-0.15, -0.1) is 6.58 Å². The lowest BCUT2D eigenvalue weighted by Crippen LogP contribution is -2.48. The Labute approximate surface area is 174 Å². The minimum Gasteiger partial charge on any atom is -0.492 e. The Morgan fingerprint density at radius 2 is 1.83 bits per heavy atom. The molecule has 0 spiro atoms. The molecule has 4 nitrogen and oxygen atoms in total. The van der Waals surface area contributed by atoms with Crippen molar-refractivity contribution in [3.05, 3.63) is 72.8 Å². The zero-order valence-electron chi connectivity index (χ0n) is 17.4. The molecular weight excluding hydrogens is 360 g/mol. The molecule has 2 aromatic rings. The van der Waals surface area contributed by atoms with Crippen molar-refractivity contribution in [2.45, 2.75) is 38.6 Å². The fourth-order valence-electron chi connectivity index (χ4n) is 3.97. The SMILES string of the molecule is C=CCc1ccccc1OCCN1CCC(N(C(=O)CC)c2ccccc2)CC1. The number of amides is 1. The van der Waals surface area contributed by atoms with E-state index in [4.69, 9.17) is 4.74 Å². The molecule has 1 amide bonds. The van der Waals surface area contributed by atoms with E-state index in [9.17, 15) is 4.79 Å². The van der Waals surface area contributed by atoms with E-state index >= 15 is 0 Å². The topological polar surface area (TPSA) is 32.8 Å². The van der Waals surface area contributed by atoms with Crippen molar-refractivity contribution in [3.63, 3.8) is 0 Å². The Morgan fingerprint density at radius 3 is 2.52 bits per heavy atom. The van der Waals surface area contributed by atoms with Gasteiger partial charge in [0, 0.05) is 37.8 Å². The summed E-state index contributed by atoms with van der Waals surface area (Å²) in [5.74, 6) is 1.16. The Balaban J connectivity index is 1.51. The van der Waals surface area contributed by atoms with E-state index in [1.165, 1.54) is 5.56 Å². The number of benzene rings is 2. The molecule has 3 rings (SSSR count). The highest BCUT2D eigenvalue weighted by Crippen LogP contribution is 2.25. The number of anilines is 1. The molecule has 0 bridgehead atoms. The first-order valence-corrected chi connectivity index (χ1v) is 10.6.